The summed E-state index contributed by atoms with van der Waals surface area (Å²) in [6, 6.07) is 6.93. The minimum absolute atomic E-state index is 0.162. The molecule has 0 aliphatic heterocycles. The number of fused-ring (bicyclic) bond motifs is 2. The van der Waals surface area contributed by atoms with Gasteiger partial charge in [0.1, 0.15) is 16.8 Å². The van der Waals surface area contributed by atoms with Crippen molar-refractivity contribution in [3.63, 3.8) is 0 Å². The number of H-pyrrole nitrogens is 1. The van der Waals surface area contributed by atoms with Crippen LogP contribution in [0.25, 0.3) is 22.1 Å². The van der Waals surface area contributed by atoms with Gasteiger partial charge in [0.15, 0.2) is 0 Å². The van der Waals surface area contributed by atoms with Crippen LogP contribution in [0, 0.1) is 4.77 Å². The number of nitrogen functional groups attached to an aromatic ring is 1. The molecular weight excluding hydrogens is 238 g/mol. The molecule has 0 fully saturated rings. The summed E-state index contributed by atoms with van der Waals surface area (Å²) >= 11 is 4.88. The Kier molecular flexibility index (Phi) is 1.99. The van der Waals surface area contributed by atoms with Crippen LogP contribution < -0.4 is 11.2 Å². The SMILES string of the molecule is Nc1[nH]c(=S)nc2oc3ccccc3c(=O)c12. The molecule has 0 saturated heterocycles. The van der Waals surface area contributed by atoms with Crippen LogP contribution in [0.5, 0.6) is 0 Å². The molecule has 5 nitrogen and oxygen atoms in total. The van der Waals surface area contributed by atoms with Gasteiger partial charge in [0, 0.05) is 0 Å². The molecule has 0 amide bonds. The summed E-state index contributed by atoms with van der Waals surface area (Å²) in [4.78, 5) is 18.8. The zero-order chi connectivity index (χ0) is 12.0. The molecule has 0 bridgehead atoms. The van der Waals surface area contributed by atoms with E-state index in [0.717, 1.165) is 0 Å². The molecule has 3 aromatic rings. The second kappa shape index (κ2) is 3.39. The molecule has 6 heteroatoms. The lowest BCUT2D eigenvalue weighted by atomic mass is 10.2. The molecule has 0 spiro atoms. The van der Waals surface area contributed by atoms with E-state index in [1.54, 1.807) is 24.3 Å². The molecule has 3 N–H and O–H groups in total. The highest BCUT2D eigenvalue weighted by molar-refractivity contribution is 7.71. The number of aromatic amines is 1. The maximum Gasteiger partial charge on any atom is 0.236 e. The first kappa shape index (κ1) is 9.98. The molecule has 0 unspecified atom stereocenters. The summed E-state index contributed by atoms with van der Waals surface area (Å²) in [5, 5.41) is 0.705. The second-order valence-corrected chi connectivity index (χ2v) is 3.95. The van der Waals surface area contributed by atoms with Crippen molar-refractivity contribution in [1.29, 1.82) is 0 Å². The molecule has 0 atom stereocenters. The maximum atomic E-state index is 12.2. The highest BCUT2D eigenvalue weighted by atomic mass is 32.1. The quantitative estimate of drug-likeness (QED) is 0.467. The minimum atomic E-state index is -0.210. The van der Waals surface area contributed by atoms with E-state index in [0.29, 0.717) is 11.0 Å². The van der Waals surface area contributed by atoms with Crippen molar-refractivity contribution in [3.8, 4) is 0 Å². The summed E-state index contributed by atoms with van der Waals surface area (Å²) < 4.78 is 5.70. The van der Waals surface area contributed by atoms with E-state index in [-0.39, 0.29) is 27.1 Å². The first-order valence-corrected chi connectivity index (χ1v) is 5.29. The Labute approximate surface area is 99.9 Å². The van der Waals surface area contributed by atoms with Gasteiger partial charge >= 0.3 is 0 Å². The molecule has 0 aliphatic rings. The van der Waals surface area contributed by atoms with E-state index in [1.165, 1.54) is 0 Å². The van der Waals surface area contributed by atoms with E-state index < -0.39 is 0 Å². The number of nitrogens with two attached hydrogens (primary N) is 1. The van der Waals surface area contributed by atoms with Gasteiger partial charge in [-0.25, -0.2) is 0 Å². The van der Waals surface area contributed by atoms with Crippen LogP contribution in [0.15, 0.2) is 33.5 Å². The van der Waals surface area contributed by atoms with Crippen molar-refractivity contribution in [3.05, 3.63) is 39.3 Å². The fraction of sp³-hybridized carbons (Fsp3) is 0. The zero-order valence-corrected chi connectivity index (χ0v) is 9.38. The van der Waals surface area contributed by atoms with Crippen molar-refractivity contribution in [2.75, 3.05) is 5.73 Å². The van der Waals surface area contributed by atoms with Crippen LogP contribution in [-0.2, 0) is 0 Å². The number of anilines is 1. The summed E-state index contributed by atoms with van der Waals surface area (Å²) in [7, 11) is 0. The standard InChI is InChI=1S/C11H7N3O2S/c12-9-7-8(15)5-3-1-2-4-6(5)16-10(7)14-11(17)13-9/h1-4H,(H3,12,13,14,17). The van der Waals surface area contributed by atoms with Crippen LogP contribution >= 0.6 is 12.2 Å². The summed E-state index contributed by atoms with van der Waals surface area (Å²) in [6.45, 7) is 0. The Morgan fingerprint density at radius 1 is 1.35 bits per heavy atom. The van der Waals surface area contributed by atoms with Gasteiger partial charge in [0.25, 0.3) is 0 Å². The van der Waals surface area contributed by atoms with E-state index in [9.17, 15) is 4.79 Å². The number of hydrogen-bond donors (Lipinski definition) is 2. The topological polar surface area (TPSA) is 84.9 Å². The summed E-state index contributed by atoms with van der Waals surface area (Å²) in [6.07, 6.45) is 0. The third-order valence-electron chi connectivity index (χ3n) is 2.49. The monoisotopic (exact) mass is 245 g/mol. The normalized spacial score (nSPS) is 11.1. The number of aromatic nitrogens is 2. The zero-order valence-electron chi connectivity index (χ0n) is 8.56. The number of benzene rings is 1. The number of hydrogen-bond acceptors (Lipinski definition) is 5. The first-order chi connectivity index (χ1) is 8.16. The number of nitrogens with zero attached hydrogens (tertiary/aromatic N) is 1. The fourth-order valence-electron chi connectivity index (χ4n) is 1.74. The number of rotatable bonds is 0. The molecule has 0 saturated carbocycles. The lowest BCUT2D eigenvalue weighted by Crippen LogP contribution is -2.07. The average Bonchev–Trinajstić information content (AvgIpc) is 2.28. The Morgan fingerprint density at radius 3 is 2.94 bits per heavy atom. The van der Waals surface area contributed by atoms with Gasteiger partial charge in [-0.1, -0.05) is 12.1 Å². The Balaban J connectivity index is 2.69. The predicted molar refractivity (Wildman–Crippen MR) is 67.4 cm³/mol. The van der Waals surface area contributed by atoms with Gasteiger partial charge in [-0.3, -0.25) is 4.79 Å². The fourth-order valence-corrected chi connectivity index (χ4v) is 1.94. The van der Waals surface area contributed by atoms with Gasteiger partial charge in [0.05, 0.1) is 5.39 Å². The molecular formula is C11H7N3O2S. The highest BCUT2D eigenvalue weighted by Crippen LogP contribution is 2.19. The summed E-state index contributed by atoms with van der Waals surface area (Å²) in [5.41, 5.74) is 6.15. The molecule has 17 heavy (non-hydrogen) atoms. The Hall–Kier alpha value is -2.21. The molecule has 1 aromatic carbocycles. The van der Waals surface area contributed by atoms with Crippen molar-refractivity contribution < 1.29 is 4.42 Å². The highest BCUT2D eigenvalue weighted by Gasteiger charge is 2.11. The molecule has 2 heterocycles. The largest absolute Gasteiger partial charge is 0.437 e. The minimum Gasteiger partial charge on any atom is -0.437 e. The van der Waals surface area contributed by atoms with Gasteiger partial charge in [-0.2, -0.15) is 4.98 Å². The van der Waals surface area contributed by atoms with Crippen LogP contribution in [0.3, 0.4) is 0 Å². The van der Waals surface area contributed by atoms with E-state index in [2.05, 4.69) is 9.97 Å². The van der Waals surface area contributed by atoms with E-state index in [4.69, 9.17) is 22.4 Å². The smallest absolute Gasteiger partial charge is 0.236 e. The van der Waals surface area contributed by atoms with E-state index >= 15 is 0 Å². The van der Waals surface area contributed by atoms with Gasteiger partial charge in [-0.15, -0.1) is 0 Å². The van der Waals surface area contributed by atoms with Crippen LogP contribution in [0.1, 0.15) is 0 Å². The molecule has 2 aromatic heterocycles. The van der Waals surface area contributed by atoms with E-state index in [1.807, 2.05) is 0 Å². The number of nitrogens with one attached hydrogen (secondary N) is 1. The van der Waals surface area contributed by atoms with Crippen molar-refractivity contribution in [1.82, 2.24) is 9.97 Å². The maximum absolute atomic E-state index is 12.2. The third-order valence-corrected chi connectivity index (χ3v) is 2.69. The van der Waals surface area contributed by atoms with Crippen molar-refractivity contribution in [2.24, 2.45) is 0 Å². The van der Waals surface area contributed by atoms with Crippen LogP contribution in [0.2, 0.25) is 0 Å². The lowest BCUT2D eigenvalue weighted by molar-refractivity contribution is 0.642. The Bertz CT molecular complexity index is 851. The average molecular weight is 245 g/mol. The van der Waals surface area contributed by atoms with Crippen LogP contribution in [0.4, 0.5) is 5.82 Å². The first-order valence-electron chi connectivity index (χ1n) is 4.88. The lowest BCUT2D eigenvalue weighted by Gasteiger charge is -2.02. The second-order valence-electron chi connectivity index (χ2n) is 3.56. The van der Waals surface area contributed by atoms with Crippen molar-refractivity contribution in [2.45, 2.75) is 0 Å². The Morgan fingerprint density at radius 2 is 2.12 bits per heavy atom. The van der Waals surface area contributed by atoms with Gasteiger partial charge in [-0.05, 0) is 24.4 Å². The number of para-hydroxylation sites is 1. The molecule has 84 valence electrons. The predicted octanol–water partition coefficient (Wildman–Crippen LogP) is 1.98. The third kappa shape index (κ3) is 1.42. The molecule has 0 aliphatic carbocycles. The van der Waals surface area contributed by atoms with Gasteiger partial charge in [0.2, 0.25) is 15.9 Å². The molecule has 0 radical (unpaired) electrons. The van der Waals surface area contributed by atoms with Crippen LogP contribution in [-0.4, -0.2) is 9.97 Å². The molecule has 3 rings (SSSR count). The van der Waals surface area contributed by atoms with Gasteiger partial charge < -0.3 is 15.1 Å². The van der Waals surface area contributed by atoms with Crippen molar-refractivity contribution >= 4 is 40.1 Å². The summed E-state index contributed by atoms with van der Waals surface area (Å²) in [5.74, 6) is 0.180.